The van der Waals surface area contributed by atoms with Crippen molar-refractivity contribution >= 4 is 23.9 Å². The third kappa shape index (κ3) is 20.9. The zero-order valence-corrected chi connectivity index (χ0v) is 29.1. The Hall–Kier alpha value is -3.52. The predicted molar refractivity (Wildman–Crippen MR) is 174 cm³/mol. The van der Waals surface area contributed by atoms with Crippen LogP contribution in [0, 0.1) is 0 Å². The SMILES string of the molecule is C=C(C)C(=O)OCC(O)COCC(OCC(O)COC(=O)C(=C)C)C(OCC(O)COC(=O)C(=C)C)C(CO)OCC(O)COC(=O)C(=C)C. The first-order valence-corrected chi connectivity index (χ1v) is 15.5. The number of rotatable bonds is 28. The Kier molecular flexibility index (Phi) is 23.6. The number of hydrogen-bond donors (Lipinski definition) is 5. The summed E-state index contributed by atoms with van der Waals surface area (Å²) in [4.78, 5) is 46.9. The summed E-state index contributed by atoms with van der Waals surface area (Å²) >= 11 is 0. The molecule has 0 aliphatic rings. The molecule has 0 aromatic rings. The van der Waals surface area contributed by atoms with Crippen molar-refractivity contribution in [3.8, 4) is 0 Å². The van der Waals surface area contributed by atoms with Crippen molar-refractivity contribution < 1.29 is 82.6 Å². The van der Waals surface area contributed by atoms with Crippen molar-refractivity contribution in [3.05, 3.63) is 48.6 Å². The first-order valence-electron chi connectivity index (χ1n) is 15.5. The minimum atomic E-state index is -1.40. The normalized spacial score (nSPS) is 15.3. The summed E-state index contributed by atoms with van der Waals surface area (Å²) in [7, 11) is 0. The lowest BCUT2D eigenvalue weighted by molar-refractivity contribution is -0.191. The molecule has 0 aliphatic carbocycles. The summed E-state index contributed by atoms with van der Waals surface area (Å²) in [5, 5.41) is 51.7. The maximum absolute atomic E-state index is 11.8. The molecular weight excluding hydrogens is 668 g/mol. The molecule has 0 saturated heterocycles. The molecule has 0 amide bonds. The van der Waals surface area contributed by atoms with Gasteiger partial charge in [0, 0.05) is 22.3 Å². The third-order valence-corrected chi connectivity index (χ3v) is 6.01. The standard InChI is InChI=1S/C33H52O17/c1-19(2)30(39)47-14-23(35)10-43-18-28(45-12-25(37)16-49-32(41)21(5)6)29(46-13-26(38)17-50-33(42)22(7)8)27(9-34)44-11-24(36)15-48-31(40)20(3)4/h23-29,34-38H,1,3,5,7,9-18H2,2,4,6,8H3. The van der Waals surface area contributed by atoms with Gasteiger partial charge >= 0.3 is 23.9 Å². The number of aliphatic hydroxyl groups excluding tert-OH is 5. The number of aliphatic hydroxyl groups is 5. The number of carbonyl (C=O) groups is 4. The van der Waals surface area contributed by atoms with E-state index in [1.807, 2.05) is 0 Å². The lowest BCUT2D eigenvalue weighted by Gasteiger charge is -2.34. The molecule has 0 fully saturated rings. The lowest BCUT2D eigenvalue weighted by atomic mass is 10.1. The van der Waals surface area contributed by atoms with Gasteiger partial charge in [-0.2, -0.15) is 0 Å². The largest absolute Gasteiger partial charge is 0.460 e. The highest BCUT2D eigenvalue weighted by Crippen LogP contribution is 2.16. The average molecular weight is 721 g/mol. The molecule has 0 rings (SSSR count). The summed E-state index contributed by atoms with van der Waals surface area (Å²) in [6, 6.07) is 0. The Morgan fingerprint density at radius 3 is 1.08 bits per heavy atom. The topological polar surface area (TPSA) is 243 Å². The van der Waals surface area contributed by atoms with E-state index in [-0.39, 0.29) is 22.3 Å². The number of carbonyl (C=O) groups excluding carboxylic acids is 4. The van der Waals surface area contributed by atoms with Gasteiger partial charge in [-0.05, 0) is 27.7 Å². The van der Waals surface area contributed by atoms with E-state index in [9.17, 15) is 44.7 Å². The molecule has 0 bridgehead atoms. The molecule has 50 heavy (non-hydrogen) atoms. The van der Waals surface area contributed by atoms with Gasteiger partial charge in [-0.1, -0.05) is 26.3 Å². The van der Waals surface area contributed by atoms with Gasteiger partial charge in [0.2, 0.25) is 0 Å². The number of hydrogen-bond acceptors (Lipinski definition) is 17. The number of esters is 4. The van der Waals surface area contributed by atoms with Crippen molar-refractivity contribution in [1.29, 1.82) is 0 Å². The Labute approximate surface area is 291 Å². The highest BCUT2D eigenvalue weighted by molar-refractivity contribution is 5.88. The summed E-state index contributed by atoms with van der Waals surface area (Å²) in [5.74, 6) is -3.00. The van der Waals surface area contributed by atoms with Gasteiger partial charge in [0.05, 0.1) is 39.6 Å². The molecular formula is C33H52O17. The minimum absolute atomic E-state index is 0.0897. The smallest absolute Gasteiger partial charge is 0.333 e. The van der Waals surface area contributed by atoms with Crippen LogP contribution < -0.4 is 0 Å². The summed E-state index contributed by atoms with van der Waals surface area (Å²) in [5.41, 5.74) is 0.400. The van der Waals surface area contributed by atoms with Crippen LogP contribution in [0.1, 0.15) is 27.7 Å². The average Bonchev–Trinajstić information content (AvgIpc) is 3.06. The Bertz CT molecular complexity index is 1140. The van der Waals surface area contributed by atoms with E-state index in [1.165, 1.54) is 27.7 Å². The molecule has 286 valence electrons. The second-order valence-electron chi connectivity index (χ2n) is 11.4. The summed E-state index contributed by atoms with van der Waals surface area (Å²) in [6.45, 7) is 14.5. The van der Waals surface area contributed by atoms with Crippen LogP contribution in [-0.4, -0.2) is 158 Å². The van der Waals surface area contributed by atoms with Crippen molar-refractivity contribution in [3.63, 3.8) is 0 Å². The van der Waals surface area contributed by atoms with Crippen LogP contribution in [0.2, 0.25) is 0 Å². The molecule has 5 N–H and O–H groups in total. The fourth-order valence-electron chi connectivity index (χ4n) is 3.33. The maximum atomic E-state index is 11.8. The molecule has 17 heteroatoms. The fraction of sp³-hybridized carbons (Fsp3) is 0.636. The van der Waals surface area contributed by atoms with Crippen LogP contribution in [0.15, 0.2) is 48.6 Å². The van der Waals surface area contributed by atoms with Crippen molar-refractivity contribution in [2.24, 2.45) is 0 Å². The highest BCUT2D eigenvalue weighted by Gasteiger charge is 2.34. The Morgan fingerprint density at radius 1 is 0.460 bits per heavy atom. The molecule has 7 atom stereocenters. The summed E-state index contributed by atoms with van der Waals surface area (Å²) < 4.78 is 42.6. The highest BCUT2D eigenvalue weighted by atomic mass is 16.6. The van der Waals surface area contributed by atoms with Gasteiger partial charge in [-0.25, -0.2) is 19.2 Å². The van der Waals surface area contributed by atoms with E-state index in [0.717, 1.165) is 0 Å². The van der Waals surface area contributed by atoms with Crippen LogP contribution in [-0.2, 0) is 57.1 Å². The van der Waals surface area contributed by atoms with Crippen LogP contribution >= 0.6 is 0 Å². The summed E-state index contributed by atoms with van der Waals surface area (Å²) in [6.07, 6.45) is -9.40. The van der Waals surface area contributed by atoms with E-state index >= 15 is 0 Å². The molecule has 0 aromatic heterocycles. The zero-order valence-electron chi connectivity index (χ0n) is 29.1. The molecule has 0 saturated carbocycles. The van der Waals surface area contributed by atoms with Gasteiger partial charge in [0.15, 0.2) is 0 Å². The number of ether oxygens (including phenoxy) is 8. The zero-order chi connectivity index (χ0) is 38.4. The molecule has 0 aromatic carbocycles. The quantitative estimate of drug-likeness (QED) is 0.0372. The van der Waals surface area contributed by atoms with Gasteiger partial charge in [0.1, 0.15) is 69.2 Å². The van der Waals surface area contributed by atoms with E-state index in [4.69, 9.17) is 37.9 Å². The van der Waals surface area contributed by atoms with Gasteiger partial charge in [0.25, 0.3) is 0 Å². The van der Waals surface area contributed by atoms with Crippen LogP contribution in [0.5, 0.6) is 0 Å². The monoisotopic (exact) mass is 720 g/mol. The predicted octanol–water partition coefficient (Wildman–Crippen LogP) is -0.928. The molecule has 0 radical (unpaired) electrons. The van der Waals surface area contributed by atoms with E-state index in [2.05, 4.69) is 26.3 Å². The van der Waals surface area contributed by atoms with E-state index < -0.39 is 133 Å². The first kappa shape index (κ1) is 46.5. The van der Waals surface area contributed by atoms with Gasteiger partial charge < -0.3 is 63.4 Å². The van der Waals surface area contributed by atoms with Crippen molar-refractivity contribution in [2.45, 2.75) is 70.4 Å². The second kappa shape index (κ2) is 25.4. The molecule has 0 aliphatic heterocycles. The van der Waals surface area contributed by atoms with Crippen molar-refractivity contribution in [2.75, 3.05) is 66.1 Å². The molecule has 0 heterocycles. The molecule has 0 spiro atoms. The van der Waals surface area contributed by atoms with Gasteiger partial charge in [-0.15, -0.1) is 0 Å². The second-order valence-corrected chi connectivity index (χ2v) is 11.4. The van der Waals surface area contributed by atoms with E-state index in [0.29, 0.717) is 0 Å². The van der Waals surface area contributed by atoms with Crippen LogP contribution in [0.4, 0.5) is 0 Å². The first-order chi connectivity index (χ1) is 23.4. The fourth-order valence-corrected chi connectivity index (χ4v) is 3.33. The van der Waals surface area contributed by atoms with Crippen LogP contribution in [0.3, 0.4) is 0 Å². The van der Waals surface area contributed by atoms with Gasteiger partial charge in [-0.3, -0.25) is 0 Å². The Balaban J connectivity index is 6.02. The molecule has 17 nitrogen and oxygen atoms in total. The van der Waals surface area contributed by atoms with Crippen molar-refractivity contribution in [1.82, 2.24) is 0 Å². The van der Waals surface area contributed by atoms with Crippen LogP contribution in [0.25, 0.3) is 0 Å². The lowest BCUT2D eigenvalue weighted by Crippen LogP contribution is -2.49. The van der Waals surface area contributed by atoms with E-state index in [1.54, 1.807) is 0 Å². The minimum Gasteiger partial charge on any atom is -0.460 e. The third-order valence-electron chi connectivity index (χ3n) is 6.01. The molecule has 7 unspecified atom stereocenters. The maximum Gasteiger partial charge on any atom is 0.333 e. The Morgan fingerprint density at radius 2 is 0.760 bits per heavy atom.